The van der Waals surface area contributed by atoms with Gasteiger partial charge in [0.25, 0.3) is 0 Å². The maximum Gasteiger partial charge on any atom is 0.243 e. The van der Waals surface area contributed by atoms with Crippen molar-refractivity contribution in [2.45, 2.75) is 51.6 Å². The standard InChI is InChI=1S/C18H32N4O2S.HI/c1-14(2)11-12-20-18(19-5)21-13-16-7-9-17(10-8-16)25(23,24)22(6)15(3)4;/h7-10,14-15H,11-13H2,1-6H3,(H2,19,20,21);1H. The minimum atomic E-state index is -3.43. The smallest absolute Gasteiger partial charge is 0.243 e. The Morgan fingerprint density at radius 1 is 1.12 bits per heavy atom. The van der Waals surface area contributed by atoms with Crippen molar-refractivity contribution in [3.8, 4) is 0 Å². The number of halogens is 1. The van der Waals surface area contributed by atoms with Crippen LogP contribution in [-0.4, -0.2) is 45.4 Å². The molecule has 1 aromatic carbocycles. The average molecular weight is 496 g/mol. The molecule has 0 bridgehead atoms. The summed E-state index contributed by atoms with van der Waals surface area (Å²) in [5, 5.41) is 6.51. The predicted octanol–water partition coefficient (Wildman–Crippen LogP) is 3.04. The summed E-state index contributed by atoms with van der Waals surface area (Å²) >= 11 is 0. The third-order valence-corrected chi connectivity index (χ3v) is 6.07. The fourth-order valence-corrected chi connectivity index (χ4v) is 3.48. The van der Waals surface area contributed by atoms with Crippen LogP contribution >= 0.6 is 24.0 Å². The van der Waals surface area contributed by atoms with Crippen molar-refractivity contribution in [3.05, 3.63) is 29.8 Å². The highest BCUT2D eigenvalue weighted by molar-refractivity contribution is 14.0. The number of nitrogens with one attached hydrogen (secondary N) is 2. The molecular formula is C18H33IN4O2S. The summed E-state index contributed by atoms with van der Waals surface area (Å²) in [4.78, 5) is 4.50. The summed E-state index contributed by atoms with van der Waals surface area (Å²) in [6.45, 7) is 9.54. The van der Waals surface area contributed by atoms with Crippen LogP contribution in [-0.2, 0) is 16.6 Å². The van der Waals surface area contributed by atoms with Crippen LogP contribution in [0.3, 0.4) is 0 Å². The molecule has 0 saturated heterocycles. The molecule has 0 saturated carbocycles. The van der Waals surface area contributed by atoms with Crippen LogP contribution in [0.15, 0.2) is 34.2 Å². The molecule has 150 valence electrons. The van der Waals surface area contributed by atoms with Crippen molar-refractivity contribution in [3.63, 3.8) is 0 Å². The maximum absolute atomic E-state index is 12.5. The van der Waals surface area contributed by atoms with Crippen LogP contribution < -0.4 is 10.6 Å². The molecule has 1 rings (SSSR count). The first kappa shape index (κ1) is 25.1. The van der Waals surface area contributed by atoms with Gasteiger partial charge in [0.15, 0.2) is 5.96 Å². The molecule has 1 aromatic rings. The van der Waals surface area contributed by atoms with E-state index in [2.05, 4.69) is 29.5 Å². The van der Waals surface area contributed by atoms with E-state index in [0.717, 1.165) is 24.5 Å². The normalized spacial score (nSPS) is 12.4. The summed E-state index contributed by atoms with van der Waals surface area (Å²) in [5.41, 5.74) is 0.998. The molecule has 0 atom stereocenters. The second kappa shape index (κ2) is 11.8. The summed E-state index contributed by atoms with van der Waals surface area (Å²) < 4.78 is 26.3. The van der Waals surface area contributed by atoms with Gasteiger partial charge in [-0.1, -0.05) is 26.0 Å². The van der Waals surface area contributed by atoms with Gasteiger partial charge in [-0.25, -0.2) is 8.42 Å². The van der Waals surface area contributed by atoms with E-state index in [1.54, 1.807) is 26.2 Å². The number of aliphatic imine (C=N–C) groups is 1. The van der Waals surface area contributed by atoms with Crippen molar-refractivity contribution in [2.75, 3.05) is 20.6 Å². The highest BCUT2D eigenvalue weighted by Gasteiger charge is 2.22. The summed E-state index contributed by atoms with van der Waals surface area (Å²) in [6, 6.07) is 6.89. The molecule has 8 heteroatoms. The van der Waals surface area contributed by atoms with Crippen LogP contribution in [0.2, 0.25) is 0 Å². The Balaban J connectivity index is 0.00000625. The third kappa shape index (κ3) is 7.79. The number of hydrogen-bond donors (Lipinski definition) is 2. The zero-order chi connectivity index (χ0) is 19.0. The Bertz CT molecular complexity index is 658. The number of rotatable bonds is 8. The van der Waals surface area contributed by atoms with E-state index in [1.165, 1.54) is 4.31 Å². The fourth-order valence-electron chi connectivity index (χ4n) is 2.11. The Hall–Kier alpha value is -0.870. The van der Waals surface area contributed by atoms with Crippen molar-refractivity contribution in [2.24, 2.45) is 10.9 Å². The van der Waals surface area contributed by atoms with Crippen molar-refractivity contribution in [1.29, 1.82) is 0 Å². The quantitative estimate of drug-likeness (QED) is 0.330. The lowest BCUT2D eigenvalue weighted by Gasteiger charge is -2.21. The molecule has 6 nitrogen and oxygen atoms in total. The lowest BCUT2D eigenvalue weighted by molar-refractivity contribution is 0.410. The van der Waals surface area contributed by atoms with Crippen molar-refractivity contribution >= 4 is 40.0 Å². The molecule has 0 fully saturated rings. The summed E-state index contributed by atoms with van der Waals surface area (Å²) in [5.74, 6) is 1.39. The van der Waals surface area contributed by atoms with E-state index in [-0.39, 0.29) is 30.0 Å². The third-order valence-electron chi connectivity index (χ3n) is 4.03. The molecule has 0 aromatic heterocycles. The van der Waals surface area contributed by atoms with E-state index >= 15 is 0 Å². The second-order valence-electron chi connectivity index (χ2n) is 6.79. The van der Waals surface area contributed by atoms with E-state index in [1.807, 2.05) is 26.0 Å². The van der Waals surface area contributed by atoms with Crippen LogP contribution in [0.4, 0.5) is 0 Å². The van der Waals surface area contributed by atoms with Gasteiger partial charge < -0.3 is 10.6 Å². The number of guanidine groups is 1. The van der Waals surface area contributed by atoms with Crippen LogP contribution in [0.1, 0.15) is 39.7 Å². The molecule has 0 unspecified atom stereocenters. The molecule has 0 aliphatic heterocycles. The molecule has 0 aliphatic carbocycles. The highest BCUT2D eigenvalue weighted by atomic mass is 127. The van der Waals surface area contributed by atoms with Gasteiger partial charge in [-0.05, 0) is 43.9 Å². The summed E-state index contributed by atoms with van der Waals surface area (Å²) in [6.07, 6.45) is 1.08. The topological polar surface area (TPSA) is 73.8 Å². The number of benzene rings is 1. The van der Waals surface area contributed by atoms with Gasteiger partial charge in [0.1, 0.15) is 0 Å². The van der Waals surface area contributed by atoms with E-state index < -0.39 is 10.0 Å². The highest BCUT2D eigenvalue weighted by Crippen LogP contribution is 2.17. The van der Waals surface area contributed by atoms with Gasteiger partial charge in [-0.15, -0.1) is 24.0 Å². The predicted molar refractivity (Wildman–Crippen MR) is 120 cm³/mol. The molecule has 0 heterocycles. The number of sulfonamides is 1. The average Bonchev–Trinajstić information content (AvgIpc) is 2.57. The SMILES string of the molecule is CN=C(NCCC(C)C)NCc1ccc(S(=O)(=O)N(C)C(C)C)cc1.I. The number of hydrogen-bond acceptors (Lipinski definition) is 3. The Morgan fingerprint density at radius 2 is 1.69 bits per heavy atom. The first-order valence-corrected chi connectivity index (χ1v) is 10.1. The maximum atomic E-state index is 12.5. The monoisotopic (exact) mass is 496 g/mol. The first-order valence-electron chi connectivity index (χ1n) is 8.70. The van der Waals surface area contributed by atoms with Gasteiger partial charge in [0.2, 0.25) is 10.0 Å². The first-order chi connectivity index (χ1) is 11.7. The van der Waals surface area contributed by atoms with Gasteiger partial charge in [0, 0.05) is 33.2 Å². The molecular weight excluding hydrogens is 463 g/mol. The van der Waals surface area contributed by atoms with E-state index in [9.17, 15) is 8.42 Å². The fraction of sp³-hybridized carbons (Fsp3) is 0.611. The van der Waals surface area contributed by atoms with Crippen LogP contribution in [0.25, 0.3) is 0 Å². The van der Waals surface area contributed by atoms with E-state index in [0.29, 0.717) is 17.4 Å². The molecule has 0 radical (unpaired) electrons. The minimum absolute atomic E-state index is 0. The van der Waals surface area contributed by atoms with Gasteiger partial charge in [0.05, 0.1) is 4.90 Å². The van der Waals surface area contributed by atoms with Gasteiger partial charge >= 0.3 is 0 Å². The van der Waals surface area contributed by atoms with Crippen LogP contribution in [0, 0.1) is 5.92 Å². The van der Waals surface area contributed by atoms with Gasteiger partial charge in [-0.2, -0.15) is 4.31 Å². The largest absolute Gasteiger partial charge is 0.356 e. The Kier molecular flexibility index (Phi) is 11.4. The zero-order valence-electron chi connectivity index (χ0n) is 16.6. The Morgan fingerprint density at radius 3 is 2.15 bits per heavy atom. The molecule has 0 amide bonds. The van der Waals surface area contributed by atoms with Gasteiger partial charge in [-0.3, -0.25) is 4.99 Å². The van der Waals surface area contributed by atoms with Crippen molar-refractivity contribution < 1.29 is 8.42 Å². The van der Waals surface area contributed by atoms with E-state index in [4.69, 9.17) is 0 Å². The summed E-state index contributed by atoms with van der Waals surface area (Å²) in [7, 11) is -0.0966. The Labute approximate surface area is 175 Å². The van der Waals surface area contributed by atoms with Crippen molar-refractivity contribution in [1.82, 2.24) is 14.9 Å². The second-order valence-corrected chi connectivity index (χ2v) is 8.79. The minimum Gasteiger partial charge on any atom is -0.356 e. The molecule has 0 aliphatic rings. The molecule has 26 heavy (non-hydrogen) atoms. The lowest BCUT2D eigenvalue weighted by Crippen LogP contribution is -2.37. The lowest BCUT2D eigenvalue weighted by atomic mass is 10.1. The molecule has 2 N–H and O–H groups in total. The number of nitrogens with zero attached hydrogens (tertiary/aromatic N) is 2. The zero-order valence-corrected chi connectivity index (χ0v) is 19.8. The molecule has 0 spiro atoms. The van der Waals surface area contributed by atoms with Crippen LogP contribution in [0.5, 0.6) is 0 Å².